The molecule has 0 aliphatic carbocycles. The zero-order valence-electron chi connectivity index (χ0n) is 10.0. The number of nitrogens with zero attached hydrogens (tertiary/aromatic N) is 1. The first kappa shape index (κ1) is 12.3. The fourth-order valence-electron chi connectivity index (χ4n) is 1.86. The van der Waals surface area contributed by atoms with Gasteiger partial charge in [0.15, 0.2) is 0 Å². The Hall–Kier alpha value is -1.13. The maximum atomic E-state index is 5.60. The average molecular weight is 251 g/mol. The summed E-state index contributed by atoms with van der Waals surface area (Å²) in [5, 5.41) is 0. The van der Waals surface area contributed by atoms with E-state index in [1.807, 2.05) is 31.2 Å². The normalized spacial score (nSPS) is 15.7. The van der Waals surface area contributed by atoms with Gasteiger partial charge >= 0.3 is 0 Å². The molecule has 1 aromatic carbocycles. The minimum Gasteiger partial charge on any atom is -0.493 e. The number of rotatable bonds is 3. The van der Waals surface area contributed by atoms with E-state index in [1.165, 1.54) is 0 Å². The summed E-state index contributed by atoms with van der Waals surface area (Å²) < 4.78 is 10.9. The standard InChI is InChI=1S/C13H17NO2S/c1-2-16-12-6-4-3-5-11(12)13(17)14-7-9-15-10-8-14/h3-6H,2,7-10H2,1H3. The molecular weight excluding hydrogens is 234 g/mol. The quantitative estimate of drug-likeness (QED) is 0.767. The molecule has 1 heterocycles. The second-order valence-electron chi connectivity index (χ2n) is 3.83. The Kier molecular flexibility index (Phi) is 4.34. The maximum absolute atomic E-state index is 5.60. The second kappa shape index (κ2) is 5.98. The molecule has 0 N–H and O–H groups in total. The molecule has 0 bridgehead atoms. The van der Waals surface area contributed by atoms with E-state index in [-0.39, 0.29) is 0 Å². The molecule has 1 aromatic rings. The van der Waals surface area contributed by atoms with Gasteiger partial charge in [-0.15, -0.1) is 0 Å². The van der Waals surface area contributed by atoms with Crippen molar-refractivity contribution in [3.05, 3.63) is 29.8 Å². The Morgan fingerprint density at radius 1 is 1.35 bits per heavy atom. The van der Waals surface area contributed by atoms with E-state index in [4.69, 9.17) is 21.7 Å². The van der Waals surface area contributed by atoms with Gasteiger partial charge in [0.05, 0.1) is 25.4 Å². The molecule has 1 fully saturated rings. The van der Waals surface area contributed by atoms with Crippen molar-refractivity contribution in [2.24, 2.45) is 0 Å². The molecule has 0 spiro atoms. The molecule has 0 atom stereocenters. The van der Waals surface area contributed by atoms with Crippen LogP contribution in [0.5, 0.6) is 5.75 Å². The first-order valence-corrected chi connectivity index (χ1v) is 6.32. The van der Waals surface area contributed by atoms with Crippen molar-refractivity contribution in [3.63, 3.8) is 0 Å². The molecule has 4 heteroatoms. The van der Waals surface area contributed by atoms with Crippen LogP contribution < -0.4 is 4.74 Å². The van der Waals surface area contributed by atoms with Gasteiger partial charge < -0.3 is 14.4 Å². The summed E-state index contributed by atoms with van der Waals surface area (Å²) in [4.78, 5) is 3.04. The number of hydrogen-bond acceptors (Lipinski definition) is 3. The van der Waals surface area contributed by atoms with Gasteiger partial charge in [-0.25, -0.2) is 0 Å². The molecule has 3 nitrogen and oxygen atoms in total. The van der Waals surface area contributed by atoms with Crippen LogP contribution in [0.15, 0.2) is 24.3 Å². The Bertz CT molecular complexity index is 389. The van der Waals surface area contributed by atoms with Crippen molar-refractivity contribution < 1.29 is 9.47 Å². The van der Waals surface area contributed by atoms with Crippen molar-refractivity contribution in [2.75, 3.05) is 32.9 Å². The fraction of sp³-hybridized carbons (Fsp3) is 0.462. The maximum Gasteiger partial charge on any atom is 0.129 e. The third-order valence-electron chi connectivity index (χ3n) is 2.72. The van der Waals surface area contributed by atoms with Crippen molar-refractivity contribution in [1.82, 2.24) is 4.90 Å². The molecule has 0 amide bonds. The number of hydrogen-bond donors (Lipinski definition) is 0. The smallest absolute Gasteiger partial charge is 0.129 e. The summed E-state index contributed by atoms with van der Waals surface area (Å²) in [7, 11) is 0. The molecule has 2 rings (SSSR count). The molecule has 0 unspecified atom stereocenters. The first-order valence-electron chi connectivity index (χ1n) is 5.91. The molecule has 17 heavy (non-hydrogen) atoms. The van der Waals surface area contributed by atoms with Crippen LogP contribution in [-0.2, 0) is 4.74 Å². The highest BCUT2D eigenvalue weighted by molar-refractivity contribution is 7.80. The highest BCUT2D eigenvalue weighted by Crippen LogP contribution is 2.21. The van der Waals surface area contributed by atoms with Crippen LogP contribution in [0.1, 0.15) is 12.5 Å². The Balaban J connectivity index is 2.17. The lowest BCUT2D eigenvalue weighted by atomic mass is 10.2. The second-order valence-corrected chi connectivity index (χ2v) is 4.22. The highest BCUT2D eigenvalue weighted by Gasteiger charge is 2.17. The number of para-hydroxylation sites is 1. The fourth-order valence-corrected chi connectivity index (χ4v) is 2.21. The third kappa shape index (κ3) is 2.96. The molecule has 0 radical (unpaired) electrons. The van der Waals surface area contributed by atoms with Gasteiger partial charge in [0.1, 0.15) is 10.7 Å². The van der Waals surface area contributed by atoms with E-state index in [0.717, 1.165) is 42.6 Å². The van der Waals surface area contributed by atoms with Gasteiger partial charge in [0.25, 0.3) is 0 Å². The highest BCUT2D eigenvalue weighted by atomic mass is 32.1. The van der Waals surface area contributed by atoms with Gasteiger partial charge in [-0.2, -0.15) is 0 Å². The summed E-state index contributed by atoms with van der Waals surface area (Å²) in [6.07, 6.45) is 0. The topological polar surface area (TPSA) is 21.7 Å². The number of ether oxygens (including phenoxy) is 2. The van der Waals surface area contributed by atoms with E-state index in [2.05, 4.69) is 4.90 Å². The molecule has 92 valence electrons. The van der Waals surface area contributed by atoms with Gasteiger partial charge in [-0.05, 0) is 19.1 Å². The Labute approximate surface area is 107 Å². The minimum atomic E-state index is 0.655. The zero-order chi connectivity index (χ0) is 12.1. The van der Waals surface area contributed by atoms with Crippen LogP contribution in [0.3, 0.4) is 0 Å². The summed E-state index contributed by atoms with van der Waals surface area (Å²) >= 11 is 5.53. The van der Waals surface area contributed by atoms with Crippen LogP contribution in [-0.4, -0.2) is 42.8 Å². The van der Waals surface area contributed by atoms with Crippen molar-refractivity contribution in [3.8, 4) is 5.75 Å². The summed E-state index contributed by atoms with van der Waals surface area (Å²) in [5.41, 5.74) is 1.01. The molecule has 0 aromatic heterocycles. The molecule has 0 saturated carbocycles. The van der Waals surface area contributed by atoms with E-state index in [9.17, 15) is 0 Å². The Morgan fingerprint density at radius 3 is 2.76 bits per heavy atom. The lowest BCUT2D eigenvalue weighted by molar-refractivity contribution is 0.0692. The number of morpholine rings is 1. The number of thiocarbonyl (C=S) groups is 1. The zero-order valence-corrected chi connectivity index (χ0v) is 10.8. The summed E-state index contributed by atoms with van der Waals surface area (Å²) in [6, 6.07) is 7.94. The predicted molar refractivity (Wildman–Crippen MR) is 71.7 cm³/mol. The number of benzene rings is 1. The predicted octanol–water partition coefficient (Wildman–Crippen LogP) is 2.09. The van der Waals surface area contributed by atoms with Crippen molar-refractivity contribution >= 4 is 17.2 Å². The minimum absolute atomic E-state index is 0.655. The van der Waals surface area contributed by atoms with Crippen LogP contribution in [0.2, 0.25) is 0 Å². The molecular formula is C13H17NO2S. The van der Waals surface area contributed by atoms with Gasteiger partial charge in [-0.3, -0.25) is 0 Å². The lowest BCUT2D eigenvalue weighted by Gasteiger charge is -2.29. The van der Waals surface area contributed by atoms with E-state index >= 15 is 0 Å². The first-order chi connectivity index (χ1) is 8.33. The van der Waals surface area contributed by atoms with E-state index in [1.54, 1.807) is 0 Å². The van der Waals surface area contributed by atoms with Crippen LogP contribution in [0.25, 0.3) is 0 Å². The van der Waals surface area contributed by atoms with E-state index in [0.29, 0.717) is 6.61 Å². The average Bonchev–Trinajstić information content (AvgIpc) is 2.40. The third-order valence-corrected chi connectivity index (χ3v) is 3.19. The molecule has 1 saturated heterocycles. The Morgan fingerprint density at radius 2 is 2.06 bits per heavy atom. The largest absolute Gasteiger partial charge is 0.493 e. The molecule has 1 aliphatic heterocycles. The van der Waals surface area contributed by atoms with Crippen molar-refractivity contribution in [2.45, 2.75) is 6.92 Å². The van der Waals surface area contributed by atoms with Gasteiger partial charge in [-0.1, -0.05) is 24.4 Å². The van der Waals surface area contributed by atoms with Gasteiger partial charge in [0.2, 0.25) is 0 Å². The summed E-state index contributed by atoms with van der Waals surface area (Å²) in [5.74, 6) is 0.867. The van der Waals surface area contributed by atoms with Crippen molar-refractivity contribution in [1.29, 1.82) is 0 Å². The van der Waals surface area contributed by atoms with Crippen LogP contribution >= 0.6 is 12.2 Å². The lowest BCUT2D eigenvalue weighted by Crippen LogP contribution is -2.40. The summed E-state index contributed by atoms with van der Waals surface area (Å²) in [6.45, 7) is 5.85. The van der Waals surface area contributed by atoms with Gasteiger partial charge in [0, 0.05) is 13.1 Å². The molecule has 1 aliphatic rings. The monoisotopic (exact) mass is 251 g/mol. The van der Waals surface area contributed by atoms with Crippen LogP contribution in [0.4, 0.5) is 0 Å². The SMILES string of the molecule is CCOc1ccccc1C(=S)N1CCOCC1. The van der Waals surface area contributed by atoms with Crippen LogP contribution in [0, 0.1) is 0 Å². The van der Waals surface area contributed by atoms with E-state index < -0.39 is 0 Å².